The van der Waals surface area contributed by atoms with E-state index in [9.17, 15) is 4.79 Å². The van der Waals surface area contributed by atoms with Gasteiger partial charge in [-0.3, -0.25) is 4.79 Å². The van der Waals surface area contributed by atoms with E-state index in [1.165, 1.54) is 0 Å². The van der Waals surface area contributed by atoms with Crippen molar-refractivity contribution in [3.63, 3.8) is 0 Å². The van der Waals surface area contributed by atoms with Gasteiger partial charge in [0.05, 0.1) is 0 Å². The molecule has 0 radical (unpaired) electrons. The van der Waals surface area contributed by atoms with E-state index < -0.39 is 0 Å². The Morgan fingerprint density at radius 2 is 2.18 bits per heavy atom. The van der Waals surface area contributed by atoms with Crippen molar-refractivity contribution in [1.82, 2.24) is 10.3 Å². The van der Waals surface area contributed by atoms with Crippen LogP contribution in [-0.4, -0.2) is 28.3 Å². The highest BCUT2D eigenvalue weighted by atomic mass is 32.1. The molecule has 5 heteroatoms. The lowest BCUT2D eigenvalue weighted by atomic mass is 9.89. The molecular weight excluding hydrogens is 296 g/mol. The molecule has 122 valence electrons. The normalized spacial score (nSPS) is 22.2. The molecule has 0 spiro atoms. The summed E-state index contributed by atoms with van der Waals surface area (Å²) in [4.78, 5) is 16.0. The minimum Gasteiger partial charge on any atom is -0.474 e. The molecule has 0 aliphatic heterocycles. The largest absolute Gasteiger partial charge is 0.474 e. The van der Waals surface area contributed by atoms with Gasteiger partial charge >= 0.3 is 0 Å². The van der Waals surface area contributed by atoms with Gasteiger partial charge in [0.1, 0.15) is 11.9 Å². The topological polar surface area (TPSA) is 51.2 Å². The van der Waals surface area contributed by atoms with E-state index >= 15 is 0 Å². The van der Waals surface area contributed by atoms with Crippen LogP contribution in [0.4, 0.5) is 0 Å². The standard InChI is InChI=1S/C17H26N2O2S/c1-11(2)16(20)5-4-13-6-7-18-17(8-13)21-15-9-14(10-15)19-12(3)22/h6-8,11-12,14-15,19,22H,4-5,9-10H2,1-3H3. The number of thiol groups is 1. The van der Waals surface area contributed by atoms with Gasteiger partial charge in [0.2, 0.25) is 5.88 Å². The zero-order chi connectivity index (χ0) is 16.1. The van der Waals surface area contributed by atoms with Crippen molar-refractivity contribution in [2.75, 3.05) is 0 Å². The van der Waals surface area contributed by atoms with Crippen LogP contribution >= 0.6 is 12.6 Å². The van der Waals surface area contributed by atoms with Crippen LogP contribution in [0.3, 0.4) is 0 Å². The number of hydrogen-bond acceptors (Lipinski definition) is 5. The number of aromatic nitrogens is 1. The van der Waals surface area contributed by atoms with E-state index in [1.807, 2.05) is 32.9 Å². The third-order valence-corrected chi connectivity index (χ3v) is 4.11. The lowest BCUT2D eigenvalue weighted by molar-refractivity contribution is -0.121. The second-order valence-corrected chi connectivity index (χ2v) is 7.15. The Balaban J connectivity index is 1.79. The molecular formula is C17H26N2O2S. The van der Waals surface area contributed by atoms with Gasteiger partial charge in [-0.05, 0) is 37.8 Å². The highest BCUT2D eigenvalue weighted by Crippen LogP contribution is 2.26. The lowest BCUT2D eigenvalue weighted by Gasteiger charge is -2.36. The number of ketones is 1. The molecule has 0 amide bonds. The van der Waals surface area contributed by atoms with Crippen LogP contribution in [0.1, 0.15) is 45.6 Å². The summed E-state index contributed by atoms with van der Waals surface area (Å²) in [5.41, 5.74) is 1.11. The van der Waals surface area contributed by atoms with E-state index in [0.717, 1.165) is 24.8 Å². The third kappa shape index (κ3) is 5.29. The van der Waals surface area contributed by atoms with Crippen molar-refractivity contribution in [3.8, 4) is 5.88 Å². The minimum absolute atomic E-state index is 0.103. The molecule has 2 rings (SSSR count). The molecule has 1 unspecified atom stereocenters. The molecule has 0 saturated heterocycles. The Morgan fingerprint density at radius 1 is 1.45 bits per heavy atom. The van der Waals surface area contributed by atoms with Gasteiger partial charge in [-0.1, -0.05) is 13.8 Å². The summed E-state index contributed by atoms with van der Waals surface area (Å²) in [6.07, 6.45) is 5.29. The van der Waals surface area contributed by atoms with Crippen LogP contribution < -0.4 is 10.1 Å². The molecule has 1 heterocycles. The molecule has 1 atom stereocenters. The number of aryl methyl sites for hydroxylation is 1. The third-order valence-electron chi connectivity index (χ3n) is 3.96. The number of nitrogens with zero attached hydrogens (tertiary/aromatic N) is 1. The summed E-state index contributed by atoms with van der Waals surface area (Å²) in [7, 11) is 0. The first-order valence-electron chi connectivity index (χ1n) is 8.02. The van der Waals surface area contributed by atoms with E-state index in [0.29, 0.717) is 24.1 Å². The van der Waals surface area contributed by atoms with Crippen molar-refractivity contribution in [2.24, 2.45) is 5.92 Å². The summed E-state index contributed by atoms with van der Waals surface area (Å²) >= 11 is 4.33. The molecule has 1 N–H and O–H groups in total. The second kappa shape index (κ2) is 7.97. The quantitative estimate of drug-likeness (QED) is 0.571. The van der Waals surface area contributed by atoms with E-state index in [1.54, 1.807) is 6.20 Å². The maximum atomic E-state index is 11.7. The molecule has 1 fully saturated rings. The van der Waals surface area contributed by atoms with Gasteiger partial charge in [0.15, 0.2) is 0 Å². The van der Waals surface area contributed by atoms with Crippen LogP contribution in [0.15, 0.2) is 18.3 Å². The Bertz CT molecular complexity index is 499. The number of hydrogen-bond donors (Lipinski definition) is 2. The number of pyridine rings is 1. The minimum atomic E-state index is 0.103. The van der Waals surface area contributed by atoms with Gasteiger partial charge in [-0.15, -0.1) is 0 Å². The number of Topliss-reactive ketones (excluding diaryl/α,β-unsaturated/α-hetero) is 1. The SMILES string of the molecule is CC(S)NC1CC(Oc2cc(CCC(=O)C(C)C)ccn2)C1. The first-order chi connectivity index (χ1) is 10.4. The fraction of sp³-hybridized carbons (Fsp3) is 0.647. The summed E-state index contributed by atoms with van der Waals surface area (Å²) in [6.45, 7) is 5.91. The van der Waals surface area contributed by atoms with Crippen molar-refractivity contribution in [1.29, 1.82) is 0 Å². The first-order valence-corrected chi connectivity index (χ1v) is 8.54. The average Bonchev–Trinajstić information content (AvgIpc) is 2.42. The molecule has 1 saturated carbocycles. The number of carbonyl (C=O) groups excluding carboxylic acids is 1. The van der Waals surface area contributed by atoms with Crippen LogP contribution in [0.25, 0.3) is 0 Å². The fourth-order valence-corrected chi connectivity index (χ4v) is 2.75. The molecule has 22 heavy (non-hydrogen) atoms. The number of rotatable bonds is 8. The highest BCUT2D eigenvalue weighted by molar-refractivity contribution is 7.80. The van der Waals surface area contributed by atoms with Gasteiger partial charge < -0.3 is 10.1 Å². The maximum absolute atomic E-state index is 11.7. The monoisotopic (exact) mass is 322 g/mol. The van der Waals surface area contributed by atoms with E-state index in [-0.39, 0.29) is 17.4 Å². The molecule has 4 nitrogen and oxygen atoms in total. The lowest BCUT2D eigenvalue weighted by Crippen LogP contribution is -2.48. The fourth-order valence-electron chi connectivity index (χ4n) is 2.54. The van der Waals surface area contributed by atoms with Crippen LogP contribution in [0, 0.1) is 5.92 Å². The van der Waals surface area contributed by atoms with E-state index in [4.69, 9.17) is 4.74 Å². The molecule has 1 aromatic heterocycles. The second-order valence-electron chi connectivity index (χ2n) is 6.37. The molecule has 1 aliphatic carbocycles. The summed E-state index contributed by atoms with van der Waals surface area (Å²) in [6, 6.07) is 4.40. The van der Waals surface area contributed by atoms with Crippen LogP contribution in [-0.2, 0) is 11.2 Å². The molecule has 0 bridgehead atoms. The summed E-state index contributed by atoms with van der Waals surface area (Å²) in [5.74, 6) is 1.07. The van der Waals surface area contributed by atoms with Gasteiger partial charge in [0.25, 0.3) is 0 Å². The molecule has 1 aromatic rings. The Kier molecular flexibility index (Phi) is 6.26. The summed E-state index contributed by atoms with van der Waals surface area (Å²) < 4.78 is 5.90. The van der Waals surface area contributed by atoms with Crippen molar-refractivity contribution in [3.05, 3.63) is 23.9 Å². The van der Waals surface area contributed by atoms with Crippen LogP contribution in [0.2, 0.25) is 0 Å². The van der Waals surface area contributed by atoms with Crippen molar-refractivity contribution < 1.29 is 9.53 Å². The highest BCUT2D eigenvalue weighted by Gasteiger charge is 2.31. The zero-order valence-corrected chi connectivity index (χ0v) is 14.5. The number of nitrogens with one attached hydrogen (secondary N) is 1. The average molecular weight is 322 g/mol. The predicted octanol–water partition coefficient (Wildman–Crippen LogP) is 3.01. The molecule has 0 aromatic carbocycles. The first kappa shape index (κ1) is 17.3. The van der Waals surface area contributed by atoms with Crippen LogP contribution in [0.5, 0.6) is 5.88 Å². The summed E-state index contributed by atoms with van der Waals surface area (Å²) in [5, 5.41) is 3.59. The Labute approximate surface area is 138 Å². The number of ether oxygens (including phenoxy) is 1. The van der Waals surface area contributed by atoms with Crippen molar-refractivity contribution in [2.45, 2.75) is 64.0 Å². The molecule has 1 aliphatic rings. The Morgan fingerprint density at radius 3 is 2.82 bits per heavy atom. The Hall–Kier alpha value is -1.07. The van der Waals surface area contributed by atoms with Gasteiger partial charge in [0, 0.05) is 36.0 Å². The van der Waals surface area contributed by atoms with Crippen molar-refractivity contribution >= 4 is 18.4 Å². The zero-order valence-electron chi connectivity index (χ0n) is 13.6. The smallest absolute Gasteiger partial charge is 0.213 e. The van der Waals surface area contributed by atoms with Gasteiger partial charge in [-0.25, -0.2) is 4.98 Å². The number of carbonyl (C=O) groups is 1. The van der Waals surface area contributed by atoms with Gasteiger partial charge in [-0.2, -0.15) is 12.6 Å². The van der Waals surface area contributed by atoms with E-state index in [2.05, 4.69) is 22.9 Å². The maximum Gasteiger partial charge on any atom is 0.213 e. The predicted molar refractivity (Wildman–Crippen MR) is 91.4 cm³/mol.